The minimum absolute atomic E-state index is 0.336. The summed E-state index contributed by atoms with van der Waals surface area (Å²) < 4.78 is 5.23. The molecule has 124 valence electrons. The molecule has 0 spiro atoms. The zero-order chi connectivity index (χ0) is 17.2. The van der Waals surface area contributed by atoms with E-state index in [2.05, 4.69) is 30.7 Å². The van der Waals surface area contributed by atoms with Gasteiger partial charge in [-0.2, -0.15) is 10.1 Å². The Morgan fingerprint density at radius 1 is 1.24 bits per heavy atom. The molecule has 0 atom stereocenters. The van der Waals surface area contributed by atoms with Crippen molar-refractivity contribution >= 4 is 39.8 Å². The van der Waals surface area contributed by atoms with Gasteiger partial charge >= 0.3 is 0 Å². The summed E-state index contributed by atoms with van der Waals surface area (Å²) in [7, 11) is 0. The molecule has 4 aromatic rings. The number of furan rings is 1. The van der Waals surface area contributed by atoms with Crippen LogP contribution in [-0.2, 0) is 0 Å². The van der Waals surface area contributed by atoms with Crippen LogP contribution in [0, 0.1) is 6.92 Å². The SMILES string of the molecule is CC(/C=C\c1ccco1)=NNc1nnc2c(n1)[nH]c1c(C)cccc12. The Morgan fingerprint density at radius 2 is 2.16 bits per heavy atom. The largest absolute Gasteiger partial charge is 0.465 e. The summed E-state index contributed by atoms with van der Waals surface area (Å²) in [5.41, 5.74) is 7.19. The van der Waals surface area contributed by atoms with Gasteiger partial charge in [0.25, 0.3) is 5.95 Å². The Morgan fingerprint density at radius 3 is 3.00 bits per heavy atom. The van der Waals surface area contributed by atoms with E-state index in [1.807, 2.05) is 56.3 Å². The van der Waals surface area contributed by atoms with Crippen molar-refractivity contribution in [3.8, 4) is 0 Å². The Labute approximate surface area is 143 Å². The average Bonchev–Trinajstić information content (AvgIpc) is 3.26. The first-order chi connectivity index (χ1) is 12.2. The number of hydrogen-bond acceptors (Lipinski definition) is 6. The number of hydrogen-bond donors (Lipinski definition) is 2. The van der Waals surface area contributed by atoms with Gasteiger partial charge < -0.3 is 9.40 Å². The van der Waals surface area contributed by atoms with Crippen molar-refractivity contribution < 1.29 is 4.42 Å². The van der Waals surface area contributed by atoms with E-state index in [9.17, 15) is 0 Å². The summed E-state index contributed by atoms with van der Waals surface area (Å²) in [5, 5.41) is 13.6. The van der Waals surface area contributed by atoms with Crippen molar-refractivity contribution in [2.75, 3.05) is 5.43 Å². The molecule has 0 aliphatic heterocycles. The Kier molecular flexibility index (Phi) is 3.74. The first-order valence-electron chi connectivity index (χ1n) is 7.84. The maximum absolute atomic E-state index is 5.23. The number of hydrazone groups is 1. The lowest BCUT2D eigenvalue weighted by molar-refractivity contribution is 0.557. The van der Waals surface area contributed by atoms with E-state index in [-0.39, 0.29) is 0 Å². The van der Waals surface area contributed by atoms with Gasteiger partial charge in [0, 0.05) is 5.39 Å². The lowest BCUT2D eigenvalue weighted by atomic mass is 10.1. The molecule has 25 heavy (non-hydrogen) atoms. The third-order valence-corrected chi connectivity index (χ3v) is 3.82. The molecule has 1 aromatic carbocycles. The van der Waals surface area contributed by atoms with Gasteiger partial charge in [-0.15, -0.1) is 10.2 Å². The lowest BCUT2D eigenvalue weighted by Crippen LogP contribution is -2.00. The van der Waals surface area contributed by atoms with Crippen LogP contribution >= 0.6 is 0 Å². The summed E-state index contributed by atoms with van der Waals surface area (Å²) in [4.78, 5) is 7.74. The summed E-state index contributed by atoms with van der Waals surface area (Å²) in [6.45, 7) is 3.91. The van der Waals surface area contributed by atoms with Gasteiger partial charge in [-0.3, -0.25) is 0 Å². The zero-order valence-corrected chi connectivity index (χ0v) is 13.8. The Balaban J connectivity index is 1.58. The molecule has 7 nitrogen and oxygen atoms in total. The van der Waals surface area contributed by atoms with Crippen molar-refractivity contribution in [1.82, 2.24) is 20.2 Å². The second-order valence-electron chi connectivity index (χ2n) is 5.67. The Hall–Kier alpha value is -3.48. The van der Waals surface area contributed by atoms with Crippen molar-refractivity contribution in [2.45, 2.75) is 13.8 Å². The number of aromatic nitrogens is 4. The number of H-pyrrole nitrogens is 1. The van der Waals surface area contributed by atoms with Crippen molar-refractivity contribution in [3.63, 3.8) is 0 Å². The molecule has 0 saturated heterocycles. The van der Waals surface area contributed by atoms with E-state index in [1.54, 1.807) is 6.26 Å². The fraction of sp³-hybridized carbons (Fsp3) is 0.111. The van der Waals surface area contributed by atoms with Crippen molar-refractivity contribution in [2.24, 2.45) is 5.10 Å². The number of anilines is 1. The van der Waals surface area contributed by atoms with Crippen LogP contribution in [0.4, 0.5) is 5.95 Å². The molecule has 0 amide bonds. The summed E-state index contributed by atoms with van der Waals surface area (Å²) >= 11 is 0. The highest BCUT2D eigenvalue weighted by Crippen LogP contribution is 2.24. The highest BCUT2D eigenvalue weighted by Gasteiger charge is 2.09. The molecule has 0 bridgehead atoms. The van der Waals surface area contributed by atoms with Crippen LogP contribution in [0.2, 0.25) is 0 Å². The number of para-hydroxylation sites is 1. The molecule has 3 aromatic heterocycles. The molecule has 2 N–H and O–H groups in total. The number of rotatable bonds is 4. The second kappa shape index (κ2) is 6.20. The first kappa shape index (κ1) is 15.1. The highest BCUT2D eigenvalue weighted by molar-refractivity contribution is 6.04. The monoisotopic (exact) mass is 332 g/mol. The number of aryl methyl sites for hydroxylation is 1. The fourth-order valence-electron chi connectivity index (χ4n) is 2.56. The van der Waals surface area contributed by atoms with E-state index in [0.717, 1.165) is 33.5 Å². The van der Waals surface area contributed by atoms with Gasteiger partial charge in [0.15, 0.2) is 5.65 Å². The predicted molar refractivity (Wildman–Crippen MR) is 98.4 cm³/mol. The van der Waals surface area contributed by atoms with E-state index in [0.29, 0.717) is 11.6 Å². The zero-order valence-electron chi connectivity index (χ0n) is 13.8. The first-order valence-corrected chi connectivity index (χ1v) is 7.84. The molecule has 3 heterocycles. The topological polar surface area (TPSA) is 92.0 Å². The van der Waals surface area contributed by atoms with Crippen LogP contribution in [0.1, 0.15) is 18.2 Å². The predicted octanol–water partition coefficient (Wildman–Crippen LogP) is 3.91. The normalized spacial score (nSPS) is 12.5. The quantitative estimate of drug-likeness (QED) is 0.437. The molecule has 0 fully saturated rings. The molecule has 0 unspecified atom stereocenters. The van der Waals surface area contributed by atoms with Crippen LogP contribution in [-0.4, -0.2) is 25.9 Å². The van der Waals surface area contributed by atoms with Gasteiger partial charge in [-0.25, -0.2) is 5.43 Å². The van der Waals surface area contributed by atoms with Crippen LogP contribution in [0.25, 0.3) is 28.1 Å². The molecule has 0 radical (unpaired) electrons. The molecule has 0 aliphatic carbocycles. The molecule has 0 saturated carbocycles. The maximum Gasteiger partial charge on any atom is 0.265 e. The van der Waals surface area contributed by atoms with Crippen LogP contribution in [0.15, 0.2) is 52.2 Å². The highest BCUT2D eigenvalue weighted by atomic mass is 16.3. The van der Waals surface area contributed by atoms with Gasteiger partial charge in [0.1, 0.15) is 11.3 Å². The van der Waals surface area contributed by atoms with E-state index >= 15 is 0 Å². The van der Waals surface area contributed by atoms with E-state index < -0.39 is 0 Å². The number of nitrogens with zero attached hydrogens (tertiary/aromatic N) is 4. The number of benzene rings is 1. The summed E-state index contributed by atoms with van der Waals surface area (Å²) in [6, 6.07) is 9.75. The number of allylic oxidation sites excluding steroid dienone is 1. The van der Waals surface area contributed by atoms with E-state index in [4.69, 9.17) is 4.42 Å². The maximum atomic E-state index is 5.23. The molecule has 7 heteroatoms. The van der Waals surface area contributed by atoms with Crippen LogP contribution in [0.5, 0.6) is 0 Å². The van der Waals surface area contributed by atoms with Crippen LogP contribution in [0.3, 0.4) is 0 Å². The minimum atomic E-state index is 0.336. The molecule has 0 aliphatic rings. The van der Waals surface area contributed by atoms with Gasteiger partial charge in [-0.05, 0) is 43.7 Å². The molecular weight excluding hydrogens is 316 g/mol. The van der Waals surface area contributed by atoms with Gasteiger partial charge in [0.2, 0.25) is 0 Å². The summed E-state index contributed by atoms with van der Waals surface area (Å²) in [5.74, 6) is 1.10. The van der Waals surface area contributed by atoms with Gasteiger partial charge in [-0.1, -0.05) is 18.2 Å². The smallest absolute Gasteiger partial charge is 0.265 e. The van der Waals surface area contributed by atoms with Crippen LogP contribution < -0.4 is 5.43 Å². The van der Waals surface area contributed by atoms with Crippen molar-refractivity contribution in [1.29, 1.82) is 0 Å². The third kappa shape index (κ3) is 2.99. The standard InChI is InChI=1S/C18H16N6O/c1-11-5-3-7-14-15(11)19-17-16(14)22-24-18(20-17)23-21-12(2)8-9-13-6-4-10-25-13/h3-10H,1-2H3,(H2,19,20,23,24)/b9-8-,21-12?. The fourth-order valence-corrected chi connectivity index (χ4v) is 2.56. The van der Waals surface area contributed by atoms with E-state index in [1.165, 1.54) is 0 Å². The number of aromatic amines is 1. The third-order valence-electron chi connectivity index (χ3n) is 3.82. The summed E-state index contributed by atoms with van der Waals surface area (Å²) in [6.07, 6.45) is 5.30. The van der Waals surface area contributed by atoms with Crippen molar-refractivity contribution in [3.05, 3.63) is 54.0 Å². The molecular formula is C18H16N6O. The average molecular weight is 332 g/mol. The minimum Gasteiger partial charge on any atom is -0.465 e. The Bertz CT molecular complexity index is 1090. The lowest BCUT2D eigenvalue weighted by Gasteiger charge is -1.98. The van der Waals surface area contributed by atoms with Gasteiger partial charge in [0.05, 0.1) is 17.5 Å². The number of nitrogens with one attached hydrogen (secondary N) is 2. The second-order valence-corrected chi connectivity index (χ2v) is 5.67. The molecule has 4 rings (SSSR count). The number of fused-ring (bicyclic) bond motifs is 3.